The van der Waals surface area contributed by atoms with Crippen LogP contribution in [0.2, 0.25) is 33.2 Å². The molecule has 0 spiro atoms. The van der Waals surface area contributed by atoms with Crippen molar-refractivity contribution < 1.29 is 8.85 Å². The first-order valence-electron chi connectivity index (χ1n) is 18.7. The molecular formula is C44H54O2S2Si2. The standard InChI is InChI=1S/C44H54O2S2Si2/c1-25(2)49(26(3)4,27(5)6)45-33-15-19-35-31(21-33)13-17-37-39-23-42-40(24-41(39)47-43(35)37)38-18-14-32-22-34(16-20-36(32)44(38)48-42)46-50(28(7)8,29(9)10)30(11)12/h13-30H,1-12H3. The molecule has 50 heavy (non-hydrogen) atoms. The Morgan fingerprint density at radius 2 is 0.700 bits per heavy atom. The van der Waals surface area contributed by atoms with Gasteiger partial charge in [-0.3, -0.25) is 0 Å². The Labute approximate surface area is 309 Å². The maximum atomic E-state index is 7.07. The predicted molar refractivity (Wildman–Crippen MR) is 231 cm³/mol. The summed E-state index contributed by atoms with van der Waals surface area (Å²) >= 11 is 3.86. The molecule has 6 heteroatoms. The molecule has 0 bridgehead atoms. The average molecular weight is 735 g/mol. The first-order valence-corrected chi connectivity index (χ1v) is 24.7. The van der Waals surface area contributed by atoms with Crippen LogP contribution in [0.25, 0.3) is 61.9 Å². The average Bonchev–Trinajstić information content (AvgIpc) is 3.61. The normalized spacial score (nSPS) is 13.5. The van der Waals surface area contributed by atoms with Gasteiger partial charge in [0.2, 0.25) is 0 Å². The lowest BCUT2D eigenvalue weighted by Gasteiger charge is -2.42. The van der Waals surface area contributed by atoms with Gasteiger partial charge < -0.3 is 8.85 Å². The van der Waals surface area contributed by atoms with E-state index in [9.17, 15) is 0 Å². The van der Waals surface area contributed by atoms with Crippen LogP contribution >= 0.6 is 22.7 Å². The monoisotopic (exact) mass is 734 g/mol. The van der Waals surface area contributed by atoms with Crippen LogP contribution in [0.4, 0.5) is 0 Å². The molecule has 0 saturated carbocycles. The van der Waals surface area contributed by atoms with Crippen LogP contribution in [0.3, 0.4) is 0 Å². The minimum Gasteiger partial charge on any atom is -0.543 e. The van der Waals surface area contributed by atoms with Crippen LogP contribution < -0.4 is 8.85 Å². The Morgan fingerprint density at radius 1 is 0.380 bits per heavy atom. The van der Waals surface area contributed by atoms with Crippen molar-refractivity contribution in [1.82, 2.24) is 0 Å². The van der Waals surface area contributed by atoms with Crippen molar-refractivity contribution in [3.8, 4) is 11.5 Å². The summed E-state index contributed by atoms with van der Waals surface area (Å²) in [6, 6.07) is 27.8. The molecular weight excluding hydrogens is 681 g/mol. The first kappa shape index (κ1) is 35.5. The molecule has 262 valence electrons. The zero-order valence-corrected chi connectivity index (χ0v) is 35.7. The van der Waals surface area contributed by atoms with Crippen molar-refractivity contribution in [3.05, 3.63) is 72.8 Å². The molecule has 0 aliphatic carbocycles. The van der Waals surface area contributed by atoms with E-state index in [0.717, 1.165) is 11.5 Å². The third-order valence-corrected chi connectivity index (χ3v) is 26.4. The number of rotatable bonds is 10. The molecule has 0 unspecified atom stereocenters. The van der Waals surface area contributed by atoms with E-state index in [1.807, 2.05) is 22.7 Å². The quantitative estimate of drug-likeness (QED) is 0.130. The zero-order chi connectivity index (χ0) is 35.9. The Bertz CT molecular complexity index is 2170. The number of benzene rings is 5. The zero-order valence-electron chi connectivity index (χ0n) is 32.0. The largest absolute Gasteiger partial charge is 0.543 e. The van der Waals surface area contributed by atoms with Crippen LogP contribution in [-0.2, 0) is 0 Å². The van der Waals surface area contributed by atoms with Gasteiger partial charge in [-0.05, 0) is 103 Å². The van der Waals surface area contributed by atoms with Gasteiger partial charge >= 0.3 is 0 Å². The summed E-state index contributed by atoms with van der Waals surface area (Å²) in [5.41, 5.74) is 3.27. The van der Waals surface area contributed by atoms with Gasteiger partial charge in [0.1, 0.15) is 11.5 Å². The fraction of sp³-hybridized carbons (Fsp3) is 0.409. The summed E-state index contributed by atoms with van der Waals surface area (Å²) in [6.07, 6.45) is 0. The Kier molecular flexibility index (Phi) is 9.19. The molecule has 2 nitrogen and oxygen atoms in total. The van der Waals surface area contributed by atoms with E-state index in [2.05, 4.69) is 156 Å². The minimum absolute atomic E-state index is 0.545. The summed E-state index contributed by atoms with van der Waals surface area (Å²) in [5, 5.41) is 10.6. The van der Waals surface area contributed by atoms with Gasteiger partial charge in [-0.15, -0.1) is 22.7 Å². The van der Waals surface area contributed by atoms with E-state index in [-0.39, 0.29) is 0 Å². The molecule has 0 aliphatic rings. The lowest BCUT2D eigenvalue weighted by atomic mass is 10.0. The van der Waals surface area contributed by atoms with E-state index >= 15 is 0 Å². The topological polar surface area (TPSA) is 18.5 Å². The van der Waals surface area contributed by atoms with Crippen molar-refractivity contribution >= 4 is 101 Å². The van der Waals surface area contributed by atoms with Crippen LogP contribution in [0.15, 0.2) is 72.8 Å². The molecule has 2 heterocycles. The Morgan fingerprint density at radius 3 is 1.02 bits per heavy atom. The van der Waals surface area contributed by atoms with Gasteiger partial charge in [-0.25, -0.2) is 0 Å². The highest BCUT2D eigenvalue weighted by atomic mass is 32.1. The lowest BCUT2D eigenvalue weighted by molar-refractivity contribution is 0.480. The highest BCUT2D eigenvalue weighted by Gasteiger charge is 2.48. The Balaban J connectivity index is 1.29. The molecule has 2 aromatic heterocycles. The first-order chi connectivity index (χ1) is 23.7. The maximum absolute atomic E-state index is 7.07. The van der Waals surface area contributed by atoms with Gasteiger partial charge in [0.25, 0.3) is 16.6 Å². The molecule has 0 atom stereocenters. The van der Waals surface area contributed by atoms with E-state index in [1.54, 1.807) is 0 Å². The van der Waals surface area contributed by atoms with Crippen molar-refractivity contribution in [2.24, 2.45) is 0 Å². The van der Waals surface area contributed by atoms with E-state index in [0.29, 0.717) is 33.2 Å². The molecule has 5 aromatic carbocycles. The third-order valence-electron chi connectivity index (χ3n) is 12.0. The fourth-order valence-corrected chi connectivity index (χ4v) is 22.8. The van der Waals surface area contributed by atoms with Crippen LogP contribution in [0.1, 0.15) is 83.1 Å². The second-order valence-electron chi connectivity index (χ2n) is 16.5. The van der Waals surface area contributed by atoms with Gasteiger partial charge in [-0.1, -0.05) is 107 Å². The van der Waals surface area contributed by atoms with Crippen LogP contribution in [-0.4, -0.2) is 16.6 Å². The molecule has 0 fully saturated rings. The molecule has 7 rings (SSSR count). The summed E-state index contributed by atoms with van der Waals surface area (Å²) in [4.78, 5) is 0. The van der Waals surface area contributed by atoms with Crippen LogP contribution in [0.5, 0.6) is 11.5 Å². The maximum Gasteiger partial charge on any atom is 0.258 e. The van der Waals surface area contributed by atoms with Gasteiger partial charge in [-0.2, -0.15) is 0 Å². The van der Waals surface area contributed by atoms with E-state index in [4.69, 9.17) is 8.85 Å². The predicted octanol–water partition coefficient (Wildman–Crippen LogP) is 15.8. The number of hydrogen-bond donors (Lipinski definition) is 0. The summed E-state index contributed by atoms with van der Waals surface area (Å²) < 4.78 is 19.6. The highest BCUT2D eigenvalue weighted by molar-refractivity contribution is 7.28. The van der Waals surface area contributed by atoms with Gasteiger partial charge in [0.05, 0.1) is 0 Å². The van der Waals surface area contributed by atoms with Crippen LogP contribution in [0, 0.1) is 0 Å². The molecule has 0 aliphatic heterocycles. The smallest absolute Gasteiger partial charge is 0.258 e. The molecule has 0 N–H and O–H groups in total. The second kappa shape index (κ2) is 12.9. The van der Waals surface area contributed by atoms with Gasteiger partial charge in [0.15, 0.2) is 0 Å². The Hall–Kier alpha value is -2.91. The van der Waals surface area contributed by atoms with Crippen molar-refractivity contribution in [2.75, 3.05) is 0 Å². The molecule has 7 aromatic rings. The SMILES string of the molecule is CC(C)[Si](Oc1ccc2c(ccc3c4cc5sc6c7ccc(O[Si](C(C)C)(C(C)C)C(C)C)cc7ccc6c5cc4sc23)c1)(C(C)C)C(C)C. The molecule has 0 amide bonds. The van der Waals surface area contributed by atoms with Crippen molar-refractivity contribution in [1.29, 1.82) is 0 Å². The molecule has 0 saturated heterocycles. The number of fused-ring (bicyclic) bond motifs is 10. The van der Waals surface area contributed by atoms with E-state index in [1.165, 1.54) is 61.9 Å². The van der Waals surface area contributed by atoms with Crippen molar-refractivity contribution in [2.45, 2.75) is 116 Å². The lowest BCUT2D eigenvalue weighted by Crippen LogP contribution is -2.50. The summed E-state index contributed by atoms with van der Waals surface area (Å²) in [5.74, 6) is 2.06. The molecule has 0 radical (unpaired) electrons. The van der Waals surface area contributed by atoms with Crippen molar-refractivity contribution in [3.63, 3.8) is 0 Å². The number of hydrogen-bond acceptors (Lipinski definition) is 4. The highest BCUT2D eigenvalue weighted by Crippen LogP contribution is 2.48. The van der Waals surface area contributed by atoms with E-state index < -0.39 is 16.6 Å². The fourth-order valence-electron chi connectivity index (χ4n) is 9.81. The third kappa shape index (κ3) is 5.43. The second-order valence-corrected chi connectivity index (χ2v) is 29.4. The van der Waals surface area contributed by atoms with Gasteiger partial charge in [0, 0.05) is 40.3 Å². The number of thiophene rings is 2. The summed E-state index contributed by atoms with van der Waals surface area (Å²) in [7, 11) is -4.04. The minimum atomic E-state index is -2.02. The summed E-state index contributed by atoms with van der Waals surface area (Å²) in [6.45, 7) is 28.3.